The molecule has 1 aromatic rings. The minimum absolute atomic E-state index is 0. The SMILES string of the molecule is Cl.NC[C@H]1CC[C@@H](C(=O)N2CCc3c(F)ccc(F)c3C2)O1. The van der Waals surface area contributed by atoms with Crippen molar-refractivity contribution in [2.75, 3.05) is 13.1 Å². The third kappa shape index (κ3) is 3.09. The van der Waals surface area contributed by atoms with E-state index in [0.717, 1.165) is 18.6 Å². The van der Waals surface area contributed by atoms with Crippen LogP contribution < -0.4 is 5.73 Å². The van der Waals surface area contributed by atoms with Crippen LogP contribution in [0.25, 0.3) is 0 Å². The summed E-state index contributed by atoms with van der Waals surface area (Å²) < 4.78 is 33.1. The summed E-state index contributed by atoms with van der Waals surface area (Å²) in [6.45, 7) is 0.886. The standard InChI is InChI=1S/C15H18F2N2O2.ClH/c16-12-2-3-13(17)11-8-19(6-5-10(11)12)15(20)14-4-1-9(7-18)21-14;/h2-3,9,14H,1,4-8,18H2;1H/t9-,14+;/m1./s1. The second-order valence-corrected chi connectivity index (χ2v) is 5.56. The maximum Gasteiger partial charge on any atom is 0.252 e. The van der Waals surface area contributed by atoms with E-state index in [2.05, 4.69) is 0 Å². The number of halogens is 3. The molecule has 0 aliphatic carbocycles. The second-order valence-electron chi connectivity index (χ2n) is 5.56. The zero-order valence-electron chi connectivity index (χ0n) is 12.1. The Hall–Kier alpha value is -1.24. The highest BCUT2D eigenvalue weighted by atomic mass is 35.5. The topological polar surface area (TPSA) is 55.6 Å². The van der Waals surface area contributed by atoms with Gasteiger partial charge in [0.2, 0.25) is 0 Å². The van der Waals surface area contributed by atoms with Gasteiger partial charge < -0.3 is 15.4 Å². The van der Waals surface area contributed by atoms with Crippen LogP contribution >= 0.6 is 12.4 Å². The summed E-state index contributed by atoms with van der Waals surface area (Å²) in [5.74, 6) is -1.02. The highest BCUT2D eigenvalue weighted by molar-refractivity contribution is 5.85. The Morgan fingerprint density at radius 1 is 1.27 bits per heavy atom. The molecule has 0 radical (unpaired) electrons. The largest absolute Gasteiger partial charge is 0.364 e. The Morgan fingerprint density at radius 3 is 2.59 bits per heavy atom. The van der Waals surface area contributed by atoms with Gasteiger partial charge in [-0.1, -0.05) is 0 Å². The Morgan fingerprint density at radius 2 is 1.95 bits per heavy atom. The van der Waals surface area contributed by atoms with Gasteiger partial charge in [0.15, 0.2) is 0 Å². The van der Waals surface area contributed by atoms with Crippen LogP contribution in [-0.2, 0) is 22.5 Å². The van der Waals surface area contributed by atoms with E-state index >= 15 is 0 Å². The molecule has 4 nitrogen and oxygen atoms in total. The van der Waals surface area contributed by atoms with Gasteiger partial charge in [0.05, 0.1) is 6.10 Å². The molecule has 1 saturated heterocycles. The summed E-state index contributed by atoms with van der Waals surface area (Å²) in [4.78, 5) is 14.0. The fourth-order valence-electron chi connectivity index (χ4n) is 3.05. The fraction of sp³-hybridized carbons (Fsp3) is 0.533. The number of carbonyl (C=O) groups excluding carboxylic acids is 1. The van der Waals surface area contributed by atoms with Gasteiger partial charge in [0.1, 0.15) is 17.7 Å². The molecule has 0 unspecified atom stereocenters. The van der Waals surface area contributed by atoms with E-state index in [0.29, 0.717) is 31.5 Å². The van der Waals surface area contributed by atoms with Crippen LogP contribution in [0.5, 0.6) is 0 Å². The number of fused-ring (bicyclic) bond motifs is 1. The van der Waals surface area contributed by atoms with Gasteiger partial charge in [-0.2, -0.15) is 0 Å². The third-order valence-electron chi connectivity index (χ3n) is 4.26. The predicted octanol–water partition coefficient (Wildman–Crippen LogP) is 1.78. The lowest BCUT2D eigenvalue weighted by Crippen LogP contribution is -2.43. The first-order chi connectivity index (χ1) is 10.1. The van der Waals surface area contributed by atoms with Crippen molar-refractivity contribution in [1.29, 1.82) is 0 Å². The van der Waals surface area contributed by atoms with E-state index in [9.17, 15) is 13.6 Å². The number of hydrogen-bond donors (Lipinski definition) is 1. The minimum Gasteiger partial charge on any atom is -0.364 e. The molecule has 2 aliphatic rings. The van der Waals surface area contributed by atoms with Gasteiger partial charge >= 0.3 is 0 Å². The zero-order chi connectivity index (χ0) is 15.0. The molecule has 3 rings (SSSR count). The van der Waals surface area contributed by atoms with Crippen LogP contribution in [-0.4, -0.2) is 36.1 Å². The molecule has 0 saturated carbocycles. The number of nitrogens with zero attached hydrogens (tertiary/aromatic N) is 1. The lowest BCUT2D eigenvalue weighted by Gasteiger charge is -2.31. The van der Waals surface area contributed by atoms with Crippen molar-refractivity contribution in [2.24, 2.45) is 5.73 Å². The molecule has 2 heterocycles. The van der Waals surface area contributed by atoms with Gasteiger partial charge in [0, 0.05) is 25.2 Å². The predicted molar refractivity (Wildman–Crippen MR) is 79.7 cm³/mol. The number of rotatable bonds is 2. The Kier molecular flexibility index (Phi) is 5.36. The summed E-state index contributed by atoms with van der Waals surface area (Å²) in [7, 11) is 0. The number of carbonyl (C=O) groups is 1. The van der Waals surface area contributed by atoms with E-state index < -0.39 is 17.7 Å². The van der Waals surface area contributed by atoms with Gasteiger partial charge in [0.25, 0.3) is 5.91 Å². The molecule has 22 heavy (non-hydrogen) atoms. The first kappa shape index (κ1) is 17.1. The van der Waals surface area contributed by atoms with E-state index in [1.165, 1.54) is 0 Å². The molecule has 1 fully saturated rings. The van der Waals surface area contributed by atoms with E-state index in [1.54, 1.807) is 4.90 Å². The summed E-state index contributed by atoms with van der Waals surface area (Å²) in [6.07, 6.45) is 1.15. The van der Waals surface area contributed by atoms with E-state index in [-0.39, 0.29) is 36.5 Å². The van der Waals surface area contributed by atoms with Crippen LogP contribution in [0.15, 0.2) is 12.1 Å². The zero-order valence-corrected chi connectivity index (χ0v) is 12.9. The number of benzene rings is 1. The molecule has 2 atom stereocenters. The summed E-state index contributed by atoms with van der Waals surface area (Å²) >= 11 is 0. The lowest BCUT2D eigenvalue weighted by atomic mass is 9.98. The third-order valence-corrected chi connectivity index (χ3v) is 4.26. The number of nitrogens with two attached hydrogens (primary N) is 1. The smallest absolute Gasteiger partial charge is 0.252 e. The first-order valence-electron chi connectivity index (χ1n) is 7.20. The van der Waals surface area contributed by atoms with Gasteiger partial charge in [-0.25, -0.2) is 8.78 Å². The quantitative estimate of drug-likeness (QED) is 0.898. The first-order valence-corrected chi connectivity index (χ1v) is 7.20. The van der Waals surface area contributed by atoms with E-state index in [4.69, 9.17) is 10.5 Å². The van der Waals surface area contributed by atoms with Crippen molar-refractivity contribution in [3.63, 3.8) is 0 Å². The summed E-state index contributed by atoms with van der Waals surface area (Å²) in [5.41, 5.74) is 6.19. The highest BCUT2D eigenvalue weighted by Gasteiger charge is 2.35. The van der Waals surface area contributed by atoms with E-state index in [1.807, 2.05) is 0 Å². The number of hydrogen-bond acceptors (Lipinski definition) is 3. The summed E-state index contributed by atoms with van der Waals surface area (Å²) in [6, 6.07) is 2.25. The summed E-state index contributed by atoms with van der Waals surface area (Å²) in [5, 5.41) is 0. The lowest BCUT2D eigenvalue weighted by molar-refractivity contribution is -0.143. The number of amides is 1. The second kappa shape index (κ2) is 6.89. The minimum atomic E-state index is -0.503. The van der Waals surface area contributed by atoms with Crippen LogP contribution in [0.2, 0.25) is 0 Å². The normalized spacial score (nSPS) is 23.9. The maximum absolute atomic E-state index is 13.8. The van der Waals surface area contributed by atoms with Crippen molar-refractivity contribution in [1.82, 2.24) is 4.90 Å². The Bertz CT molecular complexity index is 571. The molecule has 0 bridgehead atoms. The molecule has 122 valence electrons. The van der Waals surface area contributed by atoms with Crippen molar-refractivity contribution in [3.05, 3.63) is 34.9 Å². The molecule has 0 aromatic heterocycles. The van der Waals surface area contributed by atoms with Crippen molar-refractivity contribution in [3.8, 4) is 0 Å². The average molecular weight is 333 g/mol. The molecular formula is C15H19ClF2N2O2. The van der Waals surface area contributed by atoms with Crippen LogP contribution in [0.1, 0.15) is 24.0 Å². The molecule has 7 heteroatoms. The molecule has 2 N–H and O–H groups in total. The molecular weight excluding hydrogens is 314 g/mol. The number of ether oxygens (including phenoxy) is 1. The van der Waals surface area contributed by atoms with Crippen LogP contribution in [0.4, 0.5) is 8.78 Å². The fourth-order valence-corrected chi connectivity index (χ4v) is 3.05. The Balaban J connectivity index is 0.00000176. The maximum atomic E-state index is 13.8. The molecule has 2 aliphatic heterocycles. The van der Waals surface area contributed by atoms with Crippen molar-refractivity contribution >= 4 is 18.3 Å². The van der Waals surface area contributed by atoms with Crippen LogP contribution in [0, 0.1) is 11.6 Å². The van der Waals surface area contributed by atoms with Crippen molar-refractivity contribution < 1.29 is 18.3 Å². The van der Waals surface area contributed by atoms with Gasteiger partial charge in [-0.3, -0.25) is 4.79 Å². The molecule has 1 amide bonds. The van der Waals surface area contributed by atoms with Gasteiger partial charge in [-0.05, 0) is 37.0 Å². The highest BCUT2D eigenvalue weighted by Crippen LogP contribution is 2.27. The Labute approximate surface area is 134 Å². The molecule has 1 aromatic carbocycles. The average Bonchev–Trinajstić information content (AvgIpc) is 2.99. The molecule has 0 spiro atoms. The van der Waals surface area contributed by atoms with Crippen molar-refractivity contribution in [2.45, 2.75) is 38.0 Å². The van der Waals surface area contributed by atoms with Gasteiger partial charge in [-0.15, -0.1) is 12.4 Å². The monoisotopic (exact) mass is 332 g/mol. The van der Waals surface area contributed by atoms with Crippen LogP contribution in [0.3, 0.4) is 0 Å².